The molecule has 0 aliphatic rings. The minimum Gasteiger partial charge on any atom is -0.455 e. The van der Waals surface area contributed by atoms with Gasteiger partial charge in [0.05, 0.1) is 11.4 Å². The van der Waals surface area contributed by atoms with Gasteiger partial charge < -0.3 is 4.42 Å². The van der Waals surface area contributed by atoms with Gasteiger partial charge in [0.2, 0.25) is 0 Å². The molecule has 3 heteroatoms. The molecule has 0 saturated heterocycles. The normalized spacial score (nSPS) is 11.6. The largest absolute Gasteiger partial charge is 0.455 e. The van der Waals surface area contributed by atoms with Crippen LogP contribution in [0.5, 0.6) is 0 Å². The first-order valence-corrected chi connectivity index (χ1v) is 18.6. The Balaban J connectivity index is 1.04. The zero-order valence-electron chi connectivity index (χ0n) is 29.8. The molecule has 0 atom stereocenters. The summed E-state index contributed by atoms with van der Waals surface area (Å²) < 4.78 is 6.42. The lowest BCUT2D eigenvalue weighted by Crippen LogP contribution is -1.96. The molecule has 55 heavy (non-hydrogen) atoms. The molecule has 0 spiro atoms. The SMILES string of the molecule is c1ccc(-c2cc(-c3cccc(-c4cccc5c4oc4ccccc45)c3)nc(-c3ccc(-c4c5ccccc5cc5c4ccc4ccccc45)cc3)n2)cc1. The molecule has 0 aliphatic carbocycles. The van der Waals surface area contributed by atoms with Gasteiger partial charge in [-0.3, -0.25) is 0 Å². The highest BCUT2D eigenvalue weighted by molar-refractivity contribution is 6.20. The van der Waals surface area contributed by atoms with Gasteiger partial charge in [-0.25, -0.2) is 9.97 Å². The average Bonchev–Trinajstić information content (AvgIpc) is 3.65. The van der Waals surface area contributed by atoms with Crippen LogP contribution in [0.3, 0.4) is 0 Å². The van der Waals surface area contributed by atoms with Gasteiger partial charge in [0.25, 0.3) is 0 Å². The summed E-state index contributed by atoms with van der Waals surface area (Å²) in [7, 11) is 0. The van der Waals surface area contributed by atoms with E-state index in [2.05, 4.69) is 176 Å². The van der Waals surface area contributed by atoms with Crippen molar-refractivity contribution >= 4 is 54.3 Å². The van der Waals surface area contributed by atoms with Gasteiger partial charge in [-0.2, -0.15) is 0 Å². The summed E-state index contributed by atoms with van der Waals surface area (Å²) in [5, 5.41) is 9.72. The first-order chi connectivity index (χ1) is 27.2. The molecule has 0 aliphatic heterocycles. The van der Waals surface area contributed by atoms with E-state index in [9.17, 15) is 0 Å². The van der Waals surface area contributed by atoms with Crippen LogP contribution in [0.2, 0.25) is 0 Å². The Kier molecular flexibility index (Phi) is 7.17. The molecule has 3 nitrogen and oxygen atoms in total. The highest BCUT2D eigenvalue weighted by Gasteiger charge is 2.16. The second-order valence-electron chi connectivity index (χ2n) is 14.1. The Labute approximate surface area is 317 Å². The van der Waals surface area contributed by atoms with E-state index < -0.39 is 0 Å². The molecule has 9 aromatic carbocycles. The third kappa shape index (κ3) is 5.28. The number of nitrogens with zero attached hydrogens (tertiary/aromatic N) is 2. The van der Waals surface area contributed by atoms with Crippen molar-refractivity contribution in [2.75, 3.05) is 0 Å². The molecule has 2 aromatic heterocycles. The lowest BCUT2D eigenvalue weighted by Gasteiger charge is -2.15. The summed E-state index contributed by atoms with van der Waals surface area (Å²) in [5.41, 5.74) is 11.1. The number of para-hydroxylation sites is 2. The molecule has 0 unspecified atom stereocenters. The summed E-state index contributed by atoms with van der Waals surface area (Å²) in [4.78, 5) is 10.4. The summed E-state index contributed by atoms with van der Waals surface area (Å²) in [6.07, 6.45) is 0. The van der Waals surface area contributed by atoms with Crippen LogP contribution < -0.4 is 0 Å². The lowest BCUT2D eigenvalue weighted by atomic mass is 9.89. The molecular formula is C52H32N2O. The van der Waals surface area contributed by atoms with Gasteiger partial charge in [0, 0.05) is 33.0 Å². The van der Waals surface area contributed by atoms with E-state index in [4.69, 9.17) is 14.4 Å². The predicted molar refractivity (Wildman–Crippen MR) is 229 cm³/mol. The molecule has 0 saturated carbocycles. The van der Waals surface area contributed by atoms with Crippen molar-refractivity contribution in [3.63, 3.8) is 0 Å². The Hall–Kier alpha value is -7.36. The van der Waals surface area contributed by atoms with E-state index in [0.717, 1.165) is 66.7 Å². The monoisotopic (exact) mass is 700 g/mol. The summed E-state index contributed by atoms with van der Waals surface area (Å²) >= 11 is 0. The highest BCUT2D eigenvalue weighted by Crippen LogP contribution is 2.41. The number of rotatable bonds is 5. The van der Waals surface area contributed by atoms with Crippen molar-refractivity contribution in [1.82, 2.24) is 9.97 Å². The summed E-state index contributed by atoms with van der Waals surface area (Å²) in [5.74, 6) is 0.682. The summed E-state index contributed by atoms with van der Waals surface area (Å²) in [6, 6.07) is 68.6. The minimum atomic E-state index is 0.682. The van der Waals surface area contributed by atoms with E-state index in [-0.39, 0.29) is 0 Å². The Bertz CT molecular complexity index is 3250. The first-order valence-electron chi connectivity index (χ1n) is 18.6. The van der Waals surface area contributed by atoms with E-state index in [1.165, 1.54) is 37.9 Å². The summed E-state index contributed by atoms with van der Waals surface area (Å²) in [6.45, 7) is 0. The lowest BCUT2D eigenvalue weighted by molar-refractivity contribution is 0.670. The standard InChI is InChI=1S/C52H32N2O/c1-2-13-34(14-3-1)47-32-48(39-17-10-16-37(30-39)42-21-11-22-45-43-20-8-9-23-49(43)55-51(42)45)54-52(53-47)36-26-24-35(25-27-36)50-41-19-7-5-15-38(41)31-46-40-18-6-4-12-33(40)28-29-44(46)50/h1-32H. The van der Waals surface area contributed by atoms with Crippen LogP contribution in [0.1, 0.15) is 0 Å². The maximum absolute atomic E-state index is 6.42. The van der Waals surface area contributed by atoms with Crippen LogP contribution >= 0.6 is 0 Å². The van der Waals surface area contributed by atoms with Crippen LogP contribution in [-0.2, 0) is 0 Å². The molecule has 0 bridgehead atoms. The molecular weight excluding hydrogens is 669 g/mol. The van der Waals surface area contributed by atoms with Crippen molar-refractivity contribution in [2.45, 2.75) is 0 Å². The number of fused-ring (bicyclic) bond motifs is 7. The first kappa shape index (κ1) is 31.2. The van der Waals surface area contributed by atoms with Gasteiger partial charge in [0.1, 0.15) is 11.2 Å². The van der Waals surface area contributed by atoms with Crippen LogP contribution in [0.15, 0.2) is 199 Å². The Morgan fingerprint density at radius 2 is 0.964 bits per heavy atom. The molecule has 11 aromatic rings. The third-order valence-corrected chi connectivity index (χ3v) is 10.9. The van der Waals surface area contributed by atoms with E-state index in [0.29, 0.717) is 5.82 Å². The molecule has 0 N–H and O–H groups in total. The van der Waals surface area contributed by atoms with Gasteiger partial charge in [-0.1, -0.05) is 170 Å². The molecule has 0 radical (unpaired) electrons. The average molecular weight is 701 g/mol. The smallest absolute Gasteiger partial charge is 0.160 e. The van der Waals surface area contributed by atoms with Crippen molar-refractivity contribution < 1.29 is 4.42 Å². The van der Waals surface area contributed by atoms with Crippen LogP contribution in [0.4, 0.5) is 0 Å². The number of aromatic nitrogens is 2. The molecule has 256 valence electrons. The topological polar surface area (TPSA) is 38.9 Å². The van der Waals surface area contributed by atoms with Gasteiger partial charge in [-0.05, 0) is 73.3 Å². The van der Waals surface area contributed by atoms with Crippen molar-refractivity contribution in [1.29, 1.82) is 0 Å². The number of hydrogen-bond acceptors (Lipinski definition) is 3. The van der Waals surface area contributed by atoms with E-state index in [1.54, 1.807) is 0 Å². The van der Waals surface area contributed by atoms with E-state index in [1.807, 2.05) is 18.2 Å². The van der Waals surface area contributed by atoms with E-state index >= 15 is 0 Å². The fourth-order valence-electron chi connectivity index (χ4n) is 8.22. The van der Waals surface area contributed by atoms with Crippen LogP contribution in [-0.4, -0.2) is 9.97 Å². The third-order valence-electron chi connectivity index (χ3n) is 10.9. The van der Waals surface area contributed by atoms with Crippen molar-refractivity contribution in [3.05, 3.63) is 194 Å². The predicted octanol–water partition coefficient (Wildman–Crippen LogP) is 14.2. The van der Waals surface area contributed by atoms with Crippen LogP contribution in [0.25, 0.3) is 110 Å². The van der Waals surface area contributed by atoms with Gasteiger partial charge >= 0.3 is 0 Å². The van der Waals surface area contributed by atoms with Crippen molar-refractivity contribution in [2.24, 2.45) is 0 Å². The number of furan rings is 1. The second kappa shape index (κ2) is 12.6. The van der Waals surface area contributed by atoms with Crippen LogP contribution in [0, 0.1) is 0 Å². The fraction of sp³-hybridized carbons (Fsp3) is 0. The quantitative estimate of drug-likeness (QED) is 0.133. The minimum absolute atomic E-state index is 0.682. The maximum Gasteiger partial charge on any atom is 0.160 e. The Morgan fingerprint density at radius 3 is 1.82 bits per heavy atom. The molecule has 11 rings (SSSR count). The maximum atomic E-state index is 6.42. The number of benzene rings is 9. The van der Waals surface area contributed by atoms with Crippen molar-refractivity contribution in [3.8, 4) is 56.2 Å². The number of hydrogen-bond donors (Lipinski definition) is 0. The molecule has 0 fully saturated rings. The van der Waals surface area contributed by atoms with Gasteiger partial charge in [-0.15, -0.1) is 0 Å². The zero-order valence-corrected chi connectivity index (χ0v) is 29.8. The van der Waals surface area contributed by atoms with Gasteiger partial charge in [0.15, 0.2) is 5.82 Å². The molecule has 2 heterocycles. The second-order valence-corrected chi connectivity index (χ2v) is 14.1. The zero-order chi connectivity index (χ0) is 36.3. The molecule has 0 amide bonds. The highest BCUT2D eigenvalue weighted by atomic mass is 16.3. The fourth-order valence-corrected chi connectivity index (χ4v) is 8.22. The Morgan fingerprint density at radius 1 is 0.327 bits per heavy atom.